The molecule has 0 aliphatic heterocycles. The average molecular weight is 378 g/mol. The van der Waals surface area contributed by atoms with Crippen LogP contribution in [-0.4, -0.2) is 26.3 Å². The largest absolute Gasteiger partial charge is 0.243 e. The van der Waals surface area contributed by atoms with E-state index in [1.807, 2.05) is 17.5 Å². The van der Waals surface area contributed by atoms with Crippen LogP contribution in [0.2, 0.25) is 0 Å². The first-order valence-electron chi connectivity index (χ1n) is 5.85. The Hall–Kier alpha value is -0.760. The quantitative estimate of drug-likeness (QED) is 0.799. The number of thiophene rings is 1. The second-order valence-corrected chi connectivity index (χ2v) is 8.13. The Morgan fingerprint density at radius 3 is 2.70 bits per heavy atom. The van der Waals surface area contributed by atoms with Crippen LogP contribution in [0.4, 0.5) is 4.39 Å². The molecule has 0 spiro atoms. The SMILES string of the molecule is CN(CCc1cccs1)S(=O)(=O)c1ccc(F)cc1Br. The molecular weight excluding hydrogens is 365 g/mol. The van der Waals surface area contributed by atoms with E-state index < -0.39 is 15.8 Å². The molecule has 7 heteroatoms. The highest BCUT2D eigenvalue weighted by atomic mass is 79.9. The van der Waals surface area contributed by atoms with Gasteiger partial charge in [-0.1, -0.05) is 6.07 Å². The van der Waals surface area contributed by atoms with Crippen molar-refractivity contribution in [3.8, 4) is 0 Å². The molecule has 0 atom stereocenters. The number of sulfonamides is 1. The van der Waals surface area contributed by atoms with Gasteiger partial charge in [0.1, 0.15) is 5.82 Å². The van der Waals surface area contributed by atoms with Gasteiger partial charge in [0, 0.05) is 22.9 Å². The van der Waals surface area contributed by atoms with Crippen molar-refractivity contribution in [1.82, 2.24) is 4.31 Å². The van der Waals surface area contributed by atoms with E-state index in [1.54, 1.807) is 11.3 Å². The minimum atomic E-state index is -3.62. The lowest BCUT2D eigenvalue weighted by molar-refractivity contribution is 0.473. The van der Waals surface area contributed by atoms with Gasteiger partial charge in [0.2, 0.25) is 10.0 Å². The van der Waals surface area contributed by atoms with Crippen molar-refractivity contribution in [2.45, 2.75) is 11.3 Å². The molecule has 0 fully saturated rings. The average Bonchev–Trinajstić information content (AvgIpc) is 2.88. The fourth-order valence-electron chi connectivity index (χ4n) is 1.69. The lowest BCUT2D eigenvalue weighted by Crippen LogP contribution is -2.29. The van der Waals surface area contributed by atoms with Crippen molar-refractivity contribution in [2.24, 2.45) is 0 Å². The Kier molecular flexibility index (Phi) is 4.95. The predicted octanol–water partition coefficient (Wildman–Crippen LogP) is 3.51. The van der Waals surface area contributed by atoms with E-state index in [-0.39, 0.29) is 9.37 Å². The molecule has 20 heavy (non-hydrogen) atoms. The molecule has 108 valence electrons. The van der Waals surface area contributed by atoms with Crippen LogP contribution in [0.5, 0.6) is 0 Å². The molecule has 3 nitrogen and oxygen atoms in total. The first-order valence-corrected chi connectivity index (χ1v) is 8.96. The minimum Gasteiger partial charge on any atom is -0.207 e. The summed E-state index contributed by atoms with van der Waals surface area (Å²) in [4.78, 5) is 1.21. The Balaban J connectivity index is 2.16. The fourth-order valence-corrected chi connectivity index (χ4v) is 4.57. The van der Waals surface area contributed by atoms with Gasteiger partial charge in [0.15, 0.2) is 0 Å². The number of rotatable bonds is 5. The van der Waals surface area contributed by atoms with E-state index >= 15 is 0 Å². The van der Waals surface area contributed by atoms with Crippen LogP contribution in [0.3, 0.4) is 0 Å². The third kappa shape index (κ3) is 3.46. The molecule has 0 aliphatic rings. The molecule has 1 aromatic heterocycles. The van der Waals surface area contributed by atoms with E-state index in [0.29, 0.717) is 13.0 Å². The number of nitrogens with zero attached hydrogens (tertiary/aromatic N) is 1. The summed E-state index contributed by atoms with van der Waals surface area (Å²) in [5.74, 6) is -0.475. The molecule has 1 aromatic carbocycles. The zero-order valence-electron chi connectivity index (χ0n) is 10.7. The number of hydrogen-bond acceptors (Lipinski definition) is 3. The molecule has 0 aliphatic carbocycles. The molecule has 0 saturated carbocycles. The van der Waals surface area contributed by atoms with Crippen molar-refractivity contribution < 1.29 is 12.8 Å². The summed E-state index contributed by atoms with van der Waals surface area (Å²) in [5, 5.41) is 1.96. The number of hydrogen-bond donors (Lipinski definition) is 0. The summed E-state index contributed by atoms with van der Waals surface area (Å²) in [6, 6.07) is 7.48. The van der Waals surface area contributed by atoms with Crippen LogP contribution in [0.25, 0.3) is 0 Å². The van der Waals surface area contributed by atoms with Gasteiger partial charge < -0.3 is 0 Å². The summed E-state index contributed by atoms with van der Waals surface area (Å²) < 4.78 is 39.4. The molecule has 2 aromatic rings. The maximum absolute atomic E-state index is 13.0. The summed E-state index contributed by atoms with van der Waals surface area (Å²) >= 11 is 4.69. The van der Waals surface area contributed by atoms with Crippen LogP contribution in [0.1, 0.15) is 4.88 Å². The predicted molar refractivity (Wildman–Crippen MR) is 81.9 cm³/mol. The summed E-state index contributed by atoms with van der Waals surface area (Å²) in [7, 11) is -2.09. The monoisotopic (exact) mass is 377 g/mol. The second-order valence-electron chi connectivity index (χ2n) is 4.23. The van der Waals surface area contributed by atoms with E-state index in [2.05, 4.69) is 15.9 Å². The first-order chi connectivity index (χ1) is 9.41. The Labute approximate surface area is 130 Å². The van der Waals surface area contributed by atoms with Gasteiger partial charge in [-0.25, -0.2) is 17.1 Å². The third-order valence-electron chi connectivity index (χ3n) is 2.84. The normalized spacial score (nSPS) is 12.0. The summed E-state index contributed by atoms with van der Waals surface area (Å²) in [6.45, 7) is 0.382. The number of likely N-dealkylation sites (N-methyl/N-ethyl adjacent to an activating group) is 1. The lowest BCUT2D eigenvalue weighted by Gasteiger charge is -2.17. The van der Waals surface area contributed by atoms with Gasteiger partial charge >= 0.3 is 0 Å². The Bertz CT molecular complexity index is 686. The summed E-state index contributed by atoms with van der Waals surface area (Å²) in [6.07, 6.45) is 0.659. The molecule has 1 heterocycles. The minimum absolute atomic E-state index is 0.0765. The van der Waals surface area contributed by atoms with E-state index in [1.165, 1.54) is 17.4 Å². The lowest BCUT2D eigenvalue weighted by atomic mass is 10.3. The standard InChI is InChI=1S/C13H13BrFNO2S2/c1-16(7-6-11-3-2-8-19-11)20(17,18)13-5-4-10(15)9-12(13)14/h2-5,8-9H,6-7H2,1H3. The zero-order chi connectivity index (χ0) is 14.8. The molecule has 0 N–H and O–H groups in total. The molecule has 0 radical (unpaired) electrons. The molecule has 0 unspecified atom stereocenters. The second kappa shape index (κ2) is 6.34. The number of benzene rings is 1. The van der Waals surface area contributed by atoms with Gasteiger partial charge in [-0.3, -0.25) is 0 Å². The highest BCUT2D eigenvalue weighted by molar-refractivity contribution is 9.10. The van der Waals surface area contributed by atoms with Crippen molar-refractivity contribution in [3.05, 3.63) is 50.9 Å². The van der Waals surface area contributed by atoms with Crippen molar-refractivity contribution in [3.63, 3.8) is 0 Å². The van der Waals surface area contributed by atoms with Crippen molar-refractivity contribution >= 4 is 37.3 Å². The molecular formula is C13H13BrFNO2S2. The van der Waals surface area contributed by atoms with Gasteiger partial charge in [0.25, 0.3) is 0 Å². The van der Waals surface area contributed by atoms with E-state index in [4.69, 9.17) is 0 Å². The third-order valence-corrected chi connectivity index (χ3v) is 6.61. The van der Waals surface area contributed by atoms with Gasteiger partial charge in [-0.05, 0) is 52.0 Å². The van der Waals surface area contributed by atoms with Crippen LogP contribution in [-0.2, 0) is 16.4 Å². The summed E-state index contributed by atoms with van der Waals surface area (Å²) in [5.41, 5.74) is 0. The zero-order valence-corrected chi connectivity index (χ0v) is 13.9. The fraction of sp³-hybridized carbons (Fsp3) is 0.231. The van der Waals surface area contributed by atoms with Crippen LogP contribution in [0.15, 0.2) is 45.1 Å². The van der Waals surface area contributed by atoms with Crippen LogP contribution >= 0.6 is 27.3 Å². The van der Waals surface area contributed by atoms with Crippen LogP contribution in [0, 0.1) is 5.82 Å². The molecule has 2 rings (SSSR count). The number of halogens is 2. The topological polar surface area (TPSA) is 37.4 Å². The van der Waals surface area contributed by atoms with E-state index in [0.717, 1.165) is 17.0 Å². The van der Waals surface area contributed by atoms with Crippen molar-refractivity contribution in [1.29, 1.82) is 0 Å². The van der Waals surface area contributed by atoms with Gasteiger partial charge in [-0.2, -0.15) is 0 Å². The van der Waals surface area contributed by atoms with Crippen LogP contribution < -0.4 is 0 Å². The van der Waals surface area contributed by atoms with Crippen molar-refractivity contribution in [2.75, 3.05) is 13.6 Å². The first kappa shape index (κ1) is 15.6. The maximum atomic E-state index is 13.0. The maximum Gasteiger partial charge on any atom is 0.243 e. The Morgan fingerprint density at radius 2 is 2.10 bits per heavy atom. The highest BCUT2D eigenvalue weighted by Crippen LogP contribution is 2.25. The Morgan fingerprint density at radius 1 is 1.35 bits per heavy atom. The molecule has 0 amide bonds. The highest BCUT2D eigenvalue weighted by Gasteiger charge is 2.23. The van der Waals surface area contributed by atoms with Gasteiger partial charge in [-0.15, -0.1) is 11.3 Å². The molecule has 0 saturated heterocycles. The smallest absolute Gasteiger partial charge is 0.207 e. The van der Waals surface area contributed by atoms with Gasteiger partial charge in [0.05, 0.1) is 4.90 Å². The van der Waals surface area contributed by atoms with E-state index in [9.17, 15) is 12.8 Å². The molecule has 0 bridgehead atoms.